The molecule has 1 aromatic rings. The Labute approximate surface area is 119 Å². The summed E-state index contributed by atoms with van der Waals surface area (Å²) in [7, 11) is 0. The number of benzene rings is 1. The molecule has 2 unspecified atom stereocenters. The minimum atomic E-state index is -0.211. The highest BCUT2D eigenvalue weighted by atomic mass is 16.3. The lowest BCUT2D eigenvalue weighted by Gasteiger charge is -2.36. The normalized spacial score (nSPS) is 26.1. The highest BCUT2D eigenvalue weighted by Crippen LogP contribution is 2.26. The molecule has 1 fully saturated rings. The van der Waals surface area contributed by atoms with Crippen LogP contribution in [0.25, 0.3) is 0 Å². The fourth-order valence-corrected chi connectivity index (χ4v) is 3.32. The Hall–Kier alpha value is -1.39. The summed E-state index contributed by atoms with van der Waals surface area (Å²) in [6, 6.07) is 7.99. The number of rotatable bonds is 2. The number of hydrogen-bond donors (Lipinski definition) is 2. The zero-order valence-corrected chi connectivity index (χ0v) is 11.7. The maximum Gasteiger partial charge on any atom is 0.244 e. The maximum absolute atomic E-state index is 12.8. The van der Waals surface area contributed by atoms with E-state index in [1.807, 2.05) is 17.0 Å². The molecule has 0 aliphatic carbocycles. The average Bonchev–Trinajstić information content (AvgIpc) is 2.53. The van der Waals surface area contributed by atoms with E-state index in [-0.39, 0.29) is 24.5 Å². The molecule has 0 radical (unpaired) electrons. The van der Waals surface area contributed by atoms with Gasteiger partial charge in [-0.1, -0.05) is 24.3 Å². The van der Waals surface area contributed by atoms with Gasteiger partial charge in [0.1, 0.15) is 6.04 Å². The number of fused-ring (bicyclic) bond motifs is 1. The number of carbonyl (C=O) groups is 1. The van der Waals surface area contributed by atoms with Crippen LogP contribution in [0.1, 0.15) is 30.0 Å². The van der Waals surface area contributed by atoms with Crippen LogP contribution in [0.15, 0.2) is 24.3 Å². The van der Waals surface area contributed by atoms with Gasteiger partial charge in [0.2, 0.25) is 5.91 Å². The summed E-state index contributed by atoms with van der Waals surface area (Å²) >= 11 is 0. The summed E-state index contributed by atoms with van der Waals surface area (Å²) in [6.07, 6.45) is 3.00. The summed E-state index contributed by atoms with van der Waals surface area (Å²) in [4.78, 5) is 14.7. The molecule has 108 valence electrons. The van der Waals surface area contributed by atoms with E-state index in [9.17, 15) is 9.90 Å². The Balaban J connectivity index is 1.78. The first-order chi connectivity index (χ1) is 9.79. The van der Waals surface area contributed by atoms with Crippen molar-refractivity contribution in [2.45, 2.75) is 25.3 Å². The van der Waals surface area contributed by atoms with Crippen molar-refractivity contribution in [2.75, 3.05) is 26.2 Å². The van der Waals surface area contributed by atoms with Gasteiger partial charge in [0, 0.05) is 26.2 Å². The summed E-state index contributed by atoms with van der Waals surface area (Å²) in [5.74, 6) is 0.404. The summed E-state index contributed by atoms with van der Waals surface area (Å²) < 4.78 is 0. The zero-order valence-electron chi connectivity index (χ0n) is 11.7. The van der Waals surface area contributed by atoms with Crippen LogP contribution < -0.4 is 5.32 Å². The molecule has 2 heterocycles. The van der Waals surface area contributed by atoms with Crippen molar-refractivity contribution in [1.29, 1.82) is 0 Å². The van der Waals surface area contributed by atoms with E-state index in [0.717, 1.165) is 37.9 Å². The van der Waals surface area contributed by atoms with Crippen LogP contribution in [0.5, 0.6) is 0 Å². The smallest absolute Gasteiger partial charge is 0.244 e. The second-order valence-corrected chi connectivity index (χ2v) is 5.81. The van der Waals surface area contributed by atoms with Crippen molar-refractivity contribution < 1.29 is 9.90 Å². The van der Waals surface area contributed by atoms with Gasteiger partial charge in [-0.3, -0.25) is 4.79 Å². The van der Waals surface area contributed by atoms with Crippen LogP contribution >= 0.6 is 0 Å². The molecule has 0 saturated carbocycles. The molecule has 1 saturated heterocycles. The molecule has 1 amide bonds. The van der Waals surface area contributed by atoms with Crippen LogP contribution in [0.4, 0.5) is 0 Å². The lowest BCUT2D eigenvalue weighted by atomic mass is 9.92. The number of nitrogens with one attached hydrogen (secondary N) is 1. The molecule has 4 nitrogen and oxygen atoms in total. The van der Waals surface area contributed by atoms with E-state index in [0.29, 0.717) is 6.54 Å². The highest BCUT2D eigenvalue weighted by molar-refractivity contribution is 5.84. The topological polar surface area (TPSA) is 52.6 Å². The number of nitrogens with zero attached hydrogens (tertiary/aromatic N) is 1. The number of aliphatic hydroxyl groups is 1. The third-order valence-corrected chi connectivity index (χ3v) is 4.44. The SMILES string of the molecule is O=C(C1NCCc2ccccc21)N1CCCC(CO)C1. The molecule has 0 spiro atoms. The Kier molecular flexibility index (Phi) is 4.03. The molecule has 0 aromatic heterocycles. The lowest BCUT2D eigenvalue weighted by Crippen LogP contribution is -2.47. The van der Waals surface area contributed by atoms with E-state index < -0.39 is 0 Å². The summed E-state index contributed by atoms with van der Waals surface area (Å²) in [6.45, 7) is 2.54. The van der Waals surface area contributed by atoms with Crippen molar-refractivity contribution in [3.63, 3.8) is 0 Å². The second kappa shape index (κ2) is 5.94. The molecule has 2 aliphatic heterocycles. The fraction of sp³-hybridized carbons (Fsp3) is 0.562. The molecular weight excluding hydrogens is 252 g/mol. The first kappa shape index (κ1) is 13.6. The molecule has 20 heavy (non-hydrogen) atoms. The molecule has 4 heteroatoms. The Morgan fingerprint density at radius 2 is 2.25 bits per heavy atom. The number of hydrogen-bond acceptors (Lipinski definition) is 3. The first-order valence-electron chi connectivity index (χ1n) is 7.50. The monoisotopic (exact) mass is 274 g/mol. The standard InChI is InChI=1S/C16H22N2O2/c19-11-12-4-3-9-18(10-12)16(20)15-14-6-2-1-5-13(14)7-8-17-15/h1-2,5-6,12,15,17,19H,3-4,7-11H2. The highest BCUT2D eigenvalue weighted by Gasteiger charge is 2.31. The van der Waals surface area contributed by atoms with Crippen molar-refractivity contribution >= 4 is 5.91 Å². The van der Waals surface area contributed by atoms with Gasteiger partial charge in [0.15, 0.2) is 0 Å². The van der Waals surface area contributed by atoms with Crippen molar-refractivity contribution in [3.05, 3.63) is 35.4 Å². The van der Waals surface area contributed by atoms with Gasteiger partial charge in [0.05, 0.1) is 0 Å². The number of aliphatic hydroxyl groups excluding tert-OH is 1. The van der Waals surface area contributed by atoms with E-state index in [1.54, 1.807) is 0 Å². The summed E-state index contributed by atoms with van der Waals surface area (Å²) in [5.41, 5.74) is 2.40. The van der Waals surface area contributed by atoms with Crippen LogP contribution in [-0.2, 0) is 11.2 Å². The summed E-state index contributed by atoms with van der Waals surface area (Å²) in [5, 5.41) is 12.7. The first-order valence-corrected chi connectivity index (χ1v) is 7.50. The molecule has 2 aliphatic rings. The van der Waals surface area contributed by atoms with Gasteiger partial charge in [-0.2, -0.15) is 0 Å². The number of likely N-dealkylation sites (tertiary alicyclic amines) is 1. The van der Waals surface area contributed by atoms with Gasteiger partial charge in [-0.15, -0.1) is 0 Å². The van der Waals surface area contributed by atoms with Crippen LogP contribution in [-0.4, -0.2) is 42.2 Å². The third kappa shape index (κ3) is 2.58. The van der Waals surface area contributed by atoms with Gasteiger partial charge in [-0.05, 0) is 36.3 Å². The van der Waals surface area contributed by atoms with Crippen LogP contribution in [0, 0.1) is 5.92 Å². The van der Waals surface area contributed by atoms with Crippen LogP contribution in [0.3, 0.4) is 0 Å². The fourth-order valence-electron chi connectivity index (χ4n) is 3.32. The molecule has 3 rings (SSSR count). The van der Waals surface area contributed by atoms with E-state index in [1.165, 1.54) is 5.56 Å². The predicted molar refractivity (Wildman–Crippen MR) is 77.3 cm³/mol. The molecule has 1 aromatic carbocycles. The van der Waals surface area contributed by atoms with E-state index >= 15 is 0 Å². The molecular formula is C16H22N2O2. The second-order valence-electron chi connectivity index (χ2n) is 5.81. The Morgan fingerprint density at radius 1 is 1.40 bits per heavy atom. The van der Waals surface area contributed by atoms with Crippen LogP contribution in [0.2, 0.25) is 0 Å². The quantitative estimate of drug-likeness (QED) is 0.849. The maximum atomic E-state index is 12.8. The Morgan fingerprint density at radius 3 is 3.10 bits per heavy atom. The van der Waals surface area contributed by atoms with E-state index in [2.05, 4.69) is 17.4 Å². The van der Waals surface area contributed by atoms with Gasteiger partial charge >= 0.3 is 0 Å². The van der Waals surface area contributed by atoms with Gasteiger partial charge < -0.3 is 15.3 Å². The molecule has 0 bridgehead atoms. The minimum Gasteiger partial charge on any atom is -0.396 e. The number of carbonyl (C=O) groups excluding carboxylic acids is 1. The van der Waals surface area contributed by atoms with Crippen molar-refractivity contribution in [3.8, 4) is 0 Å². The van der Waals surface area contributed by atoms with Crippen molar-refractivity contribution in [1.82, 2.24) is 10.2 Å². The molecule has 2 N–H and O–H groups in total. The predicted octanol–water partition coefficient (Wildman–Crippen LogP) is 1.10. The van der Waals surface area contributed by atoms with E-state index in [4.69, 9.17) is 0 Å². The zero-order chi connectivity index (χ0) is 13.9. The van der Waals surface area contributed by atoms with Gasteiger partial charge in [-0.25, -0.2) is 0 Å². The minimum absolute atomic E-state index is 0.162. The average molecular weight is 274 g/mol. The number of piperidine rings is 1. The molecule has 2 atom stereocenters. The number of amides is 1. The third-order valence-electron chi connectivity index (χ3n) is 4.44. The Bertz CT molecular complexity index is 489. The van der Waals surface area contributed by atoms with Gasteiger partial charge in [0.25, 0.3) is 0 Å². The lowest BCUT2D eigenvalue weighted by molar-refractivity contribution is -0.135. The largest absolute Gasteiger partial charge is 0.396 e. The van der Waals surface area contributed by atoms with Crippen molar-refractivity contribution in [2.24, 2.45) is 5.92 Å².